The molecule has 1 rings (SSSR count). The quantitative estimate of drug-likeness (QED) is 0.479. The van der Waals surface area contributed by atoms with Crippen LogP contribution in [0, 0.1) is 10.8 Å². The van der Waals surface area contributed by atoms with Crippen LogP contribution in [0.3, 0.4) is 0 Å². The molecule has 1 saturated carbocycles. The highest BCUT2D eigenvalue weighted by atomic mass is 16.5. The van der Waals surface area contributed by atoms with Gasteiger partial charge in [-0.05, 0) is 12.8 Å². The summed E-state index contributed by atoms with van der Waals surface area (Å²) in [7, 11) is 0.899. The van der Waals surface area contributed by atoms with Crippen molar-refractivity contribution in [2.24, 2.45) is 10.8 Å². The van der Waals surface area contributed by atoms with E-state index in [1.165, 1.54) is 0 Å². The lowest BCUT2D eigenvalue weighted by molar-refractivity contribution is -0.201. The third kappa shape index (κ3) is 1.74. The lowest BCUT2D eigenvalue weighted by Gasteiger charge is -2.42. The van der Waals surface area contributed by atoms with E-state index in [9.17, 15) is 34.5 Å². The second-order valence-corrected chi connectivity index (χ2v) is 4.42. The number of carbonyl (C=O) groups excluding carboxylic acids is 1. The van der Waals surface area contributed by atoms with E-state index in [4.69, 9.17) is 0 Å². The van der Waals surface area contributed by atoms with Crippen LogP contribution >= 0.6 is 0 Å². The lowest BCUT2D eigenvalue weighted by atomic mass is 9.55. The number of ether oxygens (including phenoxy) is 1. The number of carboxylic acids is 3. The molecule has 1 atom stereocenters. The van der Waals surface area contributed by atoms with Gasteiger partial charge in [0.2, 0.25) is 0 Å². The molecular formula is C11H14O8. The fourth-order valence-electron chi connectivity index (χ4n) is 2.70. The fourth-order valence-corrected chi connectivity index (χ4v) is 2.70. The second kappa shape index (κ2) is 4.87. The molecule has 8 nitrogen and oxygen atoms in total. The van der Waals surface area contributed by atoms with Crippen LogP contribution in [0.25, 0.3) is 0 Å². The van der Waals surface area contributed by atoms with Crippen LogP contribution in [0.2, 0.25) is 0 Å². The second-order valence-electron chi connectivity index (χ2n) is 4.42. The van der Waals surface area contributed by atoms with Crippen LogP contribution in [-0.4, -0.2) is 46.3 Å². The van der Waals surface area contributed by atoms with E-state index >= 15 is 0 Å². The number of carbonyl (C=O) groups is 4. The van der Waals surface area contributed by atoms with Gasteiger partial charge >= 0.3 is 23.9 Å². The van der Waals surface area contributed by atoms with Crippen molar-refractivity contribution in [1.29, 1.82) is 0 Å². The number of aliphatic carboxylic acids is 3. The van der Waals surface area contributed by atoms with E-state index in [2.05, 4.69) is 4.74 Å². The molecule has 1 aliphatic carbocycles. The molecule has 1 aliphatic rings. The molecule has 8 heteroatoms. The maximum atomic E-state index is 11.8. The number of hydrogen-bond donors (Lipinski definition) is 3. The minimum absolute atomic E-state index is 0.213. The minimum Gasteiger partial charge on any atom is -0.480 e. The van der Waals surface area contributed by atoms with E-state index < -0.39 is 41.1 Å². The Morgan fingerprint density at radius 1 is 0.842 bits per heavy atom. The Kier molecular flexibility index (Phi) is 3.83. The Bertz CT molecular complexity index is 426. The molecular weight excluding hydrogens is 260 g/mol. The molecule has 0 aliphatic heterocycles. The first-order chi connectivity index (χ1) is 8.77. The van der Waals surface area contributed by atoms with Crippen molar-refractivity contribution in [2.45, 2.75) is 25.7 Å². The summed E-state index contributed by atoms with van der Waals surface area (Å²) in [5.41, 5.74) is -5.30. The average molecular weight is 274 g/mol. The summed E-state index contributed by atoms with van der Waals surface area (Å²) in [5.74, 6) is -6.81. The standard InChI is InChI=1S/C11H14O8/c1-19-9(18)11(8(16)17)5-3-2-4-10(11,6(12)13)7(14)15/h2-5H2,1H3,(H,12,13)(H,14,15)(H,16,17). The smallest absolute Gasteiger partial charge is 0.325 e. The lowest BCUT2D eigenvalue weighted by Crippen LogP contribution is -2.62. The van der Waals surface area contributed by atoms with E-state index in [1.54, 1.807) is 0 Å². The van der Waals surface area contributed by atoms with Crippen molar-refractivity contribution in [3.05, 3.63) is 0 Å². The molecule has 0 aromatic rings. The molecule has 19 heavy (non-hydrogen) atoms. The summed E-state index contributed by atoms with van der Waals surface area (Å²) >= 11 is 0. The van der Waals surface area contributed by atoms with Gasteiger partial charge in [0.1, 0.15) is 0 Å². The highest BCUT2D eigenvalue weighted by molar-refractivity contribution is 6.13. The van der Waals surface area contributed by atoms with Gasteiger partial charge in [-0.2, -0.15) is 0 Å². The third-order valence-electron chi connectivity index (χ3n) is 3.71. The molecule has 106 valence electrons. The van der Waals surface area contributed by atoms with Crippen LogP contribution < -0.4 is 0 Å². The average Bonchev–Trinajstić information content (AvgIpc) is 2.36. The summed E-state index contributed by atoms with van der Waals surface area (Å²) in [6.45, 7) is 0. The van der Waals surface area contributed by atoms with Crippen molar-refractivity contribution in [3.63, 3.8) is 0 Å². The number of carboxylic acid groups (broad SMARTS) is 3. The molecule has 0 heterocycles. The first-order valence-electron chi connectivity index (χ1n) is 5.56. The Morgan fingerprint density at radius 2 is 1.21 bits per heavy atom. The van der Waals surface area contributed by atoms with Crippen molar-refractivity contribution in [2.75, 3.05) is 7.11 Å². The highest BCUT2D eigenvalue weighted by Gasteiger charge is 2.72. The molecule has 0 spiro atoms. The predicted molar refractivity (Wildman–Crippen MR) is 58.3 cm³/mol. The summed E-state index contributed by atoms with van der Waals surface area (Å²) in [6.07, 6.45) is -0.360. The Morgan fingerprint density at radius 3 is 1.53 bits per heavy atom. The van der Waals surface area contributed by atoms with Crippen LogP contribution in [0.15, 0.2) is 0 Å². The molecule has 0 radical (unpaired) electrons. The monoisotopic (exact) mass is 274 g/mol. The normalized spacial score (nSPS) is 25.3. The molecule has 3 N–H and O–H groups in total. The summed E-state index contributed by atoms with van der Waals surface area (Å²) in [6, 6.07) is 0. The molecule has 0 aromatic carbocycles. The summed E-state index contributed by atoms with van der Waals surface area (Å²) in [4.78, 5) is 46.1. The SMILES string of the molecule is COC(=O)C1(C(=O)O)CCCCC1(C(=O)O)C(=O)O. The van der Waals surface area contributed by atoms with Crippen LogP contribution in [-0.2, 0) is 23.9 Å². The van der Waals surface area contributed by atoms with Gasteiger partial charge in [-0.1, -0.05) is 12.8 Å². The third-order valence-corrected chi connectivity index (χ3v) is 3.71. The maximum absolute atomic E-state index is 11.8. The largest absolute Gasteiger partial charge is 0.480 e. The zero-order chi connectivity index (χ0) is 14.8. The first kappa shape index (κ1) is 14.9. The maximum Gasteiger partial charge on any atom is 0.325 e. The molecule has 0 bridgehead atoms. The molecule has 0 aromatic heterocycles. The first-order valence-corrected chi connectivity index (χ1v) is 5.56. The van der Waals surface area contributed by atoms with E-state index in [1.807, 2.05) is 0 Å². The molecule has 1 fully saturated rings. The fraction of sp³-hybridized carbons (Fsp3) is 0.636. The highest BCUT2D eigenvalue weighted by Crippen LogP contribution is 2.52. The van der Waals surface area contributed by atoms with Gasteiger partial charge in [-0.3, -0.25) is 19.2 Å². The Labute approximate surface area is 108 Å². The van der Waals surface area contributed by atoms with Gasteiger partial charge in [0, 0.05) is 0 Å². The van der Waals surface area contributed by atoms with Crippen molar-refractivity contribution < 1.29 is 39.2 Å². The van der Waals surface area contributed by atoms with Gasteiger partial charge in [-0.25, -0.2) is 0 Å². The Balaban J connectivity index is 3.62. The molecule has 0 amide bonds. The van der Waals surface area contributed by atoms with Gasteiger partial charge in [-0.15, -0.1) is 0 Å². The van der Waals surface area contributed by atoms with Crippen LogP contribution in [0.5, 0.6) is 0 Å². The van der Waals surface area contributed by atoms with Gasteiger partial charge in [0.05, 0.1) is 7.11 Å². The van der Waals surface area contributed by atoms with Crippen molar-refractivity contribution in [3.8, 4) is 0 Å². The number of esters is 1. The van der Waals surface area contributed by atoms with Crippen molar-refractivity contribution >= 4 is 23.9 Å². The van der Waals surface area contributed by atoms with E-state index in [0.29, 0.717) is 0 Å². The van der Waals surface area contributed by atoms with Crippen LogP contribution in [0.1, 0.15) is 25.7 Å². The van der Waals surface area contributed by atoms with Gasteiger partial charge in [0.25, 0.3) is 0 Å². The number of methoxy groups -OCH3 is 1. The van der Waals surface area contributed by atoms with Crippen molar-refractivity contribution in [1.82, 2.24) is 0 Å². The minimum atomic E-state index is -2.70. The number of rotatable bonds is 4. The van der Waals surface area contributed by atoms with Crippen LogP contribution in [0.4, 0.5) is 0 Å². The summed E-state index contributed by atoms with van der Waals surface area (Å²) in [5, 5.41) is 27.8. The Hall–Kier alpha value is -2.12. The zero-order valence-corrected chi connectivity index (χ0v) is 10.2. The van der Waals surface area contributed by atoms with E-state index in [-0.39, 0.29) is 19.3 Å². The van der Waals surface area contributed by atoms with Gasteiger partial charge in [0.15, 0.2) is 10.8 Å². The molecule has 1 unspecified atom stereocenters. The predicted octanol–water partition coefficient (Wildman–Crippen LogP) is -0.0400. The number of hydrogen-bond acceptors (Lipinski definition) is 5. The topological polar surface area (TPSA) is 138 Å². The molecule has 0 saturated heterocycles. The van der Waals surface area contributed by atoms with E-state index in [0.717, 1.165) is 7.11 Å². The summed E-state index contributed by atoms with van der Waals surface area (Å²) < 4.78 is 4.36. The van der Waals surface area contributed by atoms with Gasteiger partial charge < -0.3 is 20.1 Å². The zero-order valence-electron chi connectivity index (χ0n) is 10.2.